The van der Waals surface area contributed by atoms with E-state index in [1.807, 2.05) is 49.9 Å². The molecule has 122 valence electrons. The minimum absolute atomic E-state index is 0.216. The van der Waals surface area contributed by atoms with Crippen LogP contribution in [0.4, 0.5) is 10.5 Å². The molecular formula is C17H27N3O2. The Balaban J connectivity index is 2.13. The summed E-state index contributed by atoms with van der Waals surface area (Å²) in [5.74, 6) is 0. The predicted octanol–water partition coefficient (Wildman–Crippen LogP) is 2.76. The van der Waals surface area contributed by atoms with Gasteiger partial charge in [-0.1, -0.05) is 12.1 Å². The second-order valence-electron chi connectivity index (χ2n) is 6.83. The van der Waals surface area contributed by atoms with Crippen molar-refractivity contribution >= 4 is 11.8 Å². The number of carbonyl (C=O) groups excluding carboxylic acids is 1. The highest BCUT2D eigenvalue weighted by Crippen LogP contribution is 2.20. The number of benzene rings is 1. The fourth-order valence-electron chi connectivity index (χ4n) is 2.60. The normalized spacial score (nSPS) is 16.3. The first-order valence-corrected chi connectivity index (χ1v) is 7.90. The zero-order valence-corrected chi connectivity index (χ0v) is 13.8. The lowest BCUT2D eigenvalue weighted by molar-refractivity contribution is 0.0107. The molecule has 0 radical (unpaired) electrons. The van der Waals surface area contributed by atoms with Gasteiger partial charge in [0.15, 0.2) is 0 Å². The summed E-state index contributed by atoms with van der Waals surface area (Å²) in [5, 5.41) is 3.33. The fraction of sp³-hybridized carbons (Fsp3) is 0.588. The van der Waals surface area contributed by atoms with Crippen LogP contribution in [-0.2, 0) is 11.3 Å². The Hall–Kier alpha value is -1.75. The van der Waals surface area contributed by atoms with Gasteiger partial charge in [0.05, 0.1) is 0 Å². The van der Waals surface area contributed by atoms with Crippen LogP contribution in [0.2, 0.25) is 0 Å². The van der Waals surface area contributed by atoms with E-state index in [9.17, 15) is 4.79 Å². The Kier molecular flexibility index (Phi) is 5.29. The highest BCUT2D eigenvalue weighted by Gasteiger charge is 2.29. The summed E-state index contributed by atoms with van der Waals surface area (Å²) in [6.45, 7) is 8.12. The molecule has 0 saturated carbocycles. The molecule has 22 heavy (non-hydrogen) atoms. The molecule has 0 aliphatic carbocycles. The van der Waals surface area contributed by atoms with Crippen LogP contribution in [0.25, 0.3) is 0 Å². The molecule has 1 heterocycles. The van der Waals surface area contributed by atoms with E-state index in [0.29, 0.717) is 6.54 Å². The highest BCUT2D eigenvalue weighted by atomic mass is 16.6. The van der Waals surface area contributed by atoms with Gasteiger partial charge in [-0.15, -0.1) is 0 Å². The van der Waals surface area contributed by atoms with Crippen molar-refractivity contribution < 1.29 is 9.53 Å². The quantitative estimate of drug-likeness (QED) is 0.843. The number of amides is 1. The SMILES string of the molecule is CC(C)(C)OC(=O)N(Cc1ccc(N)cc1)C1CCNCC1. The summed E-state index contributed by atoms with van der Waals surface area (Å²) in [6, 6.07) is 7.88. The second-order valence-corrected chi connectivity index (χ2v) is 6.83. The van der Waals surface area contributed by atoms with E-state index >= 15 is 0 Å². The highest BCUT2D eigenvalue weighted by molar-refractivity contribution is 5.68. The van der Waals surface area contributed by atoms with E-state index < -0.39 is 5.60 Å². The zero-order chi connectivity index (χ0) is 16.2. The lowest BCUT2D eigenvalue weighted by Gasteiger charge is -2.36. The number of hydrogen-bond acceptors (Lipinski definition) is 4. The molecule has 1 aromatic carbocycles. The molecule has 1 amide bonds. The van der Waals surface area contributed by atoms with Crippen LogP contribution in [0.5, 0.6) is 0 Å². The van der Waals surface area contributed by atoms with Crippen molar-refractivity contribution in [1.29, 1.82) is 0 Å². The molecule has 5 nitrogen and oxygen atoms in total. The van der Waals surface area contributed by atoms with Crippen LogP contribution in [0.3, 0.4) is 0 Å². The number of rotatable bonds is 3. The van der Waals surface area contributed by atoms with Gasteiger partial charge in [-0.3, -0.25) is 0 Å². The summed E-state index contributed by atoms with van der Waals surface area (Å²) in [5.41, 5.74) is 7.05. The van der Waals surface area contributed by atoms with Gasteiger partial charge in [-0.25, -0.2) is 4.79 Å². The molecule has 1 aliphatic heterocycles. The second kappa shape index (κ2) is 7.01. The Morgan fingerprint density at radius 3 is 2.41 bits per heavy atom. The number of anilines is 1. The van der Waals surface area contributed by atoms with Gasteiger partial charge in [0, 0.05) is 18.3 Å². The first-order chi connectivity index (χ1) is 10.3. The molecular weight excluding hydrogens is 278 g/mol. The largest absolute Gasteiger partial charge is 0.444 e. The fourth-order valence-corrected chi connectivity index (χ4v) is 2.60. The maximum Gasteiger partial charge on any atom is 0.410 e. The lowest BCUT2D eigenvalue weighted by atomic mass is 10.0. The van der Waals surface area contributed by atoms with Crippen LogP contribution in [0.15, 0.2) is 24.3 Å². The standard InChI is InChI=1S/C17H27N3O2/c1-17(2,3)22-16(21)20(15-8-10-19-11-9-15)12-13-4-6-14(18)7-5-13/h4-7,15,19H,8-12,18H2,1-3H3. The van der Waals surface area contributed by atoms with Crippen LogP contribution < -0.4 is 11.1 Å². The van der Waals surface area contributed by atoms with Gasteiger partial charge in [0.25, 0.3) is 0 Å². The minimum atomic E-state index is -0.483. The Morgan fingerprint density at radius 1 is 1.27 bits per heavy atom. The van der Waals surface area contributed by atoms with Crippen molar-refractivity contribution in [3.8, 4) is 0 Å². The third kappa shape index (κ3) is 4.91. The summed E-state index contributed by atoms with van der Waals surface area (Å²) in [6.07, 6.45) is 1.67. The van der Waals surface area contributed by atoms with Gasteiger partial charge in [-0.05, 0) is 64.4 Å². The number of carbonyl (C=O) groups is 1. The van der Waals surface area contributed by atoms with Gasteiger partial charge < -0.3 is 20.7 Å². The summed E-state index contributed by atoms with van der Waals surface area (Å²) in [7, 11) is 0. The molecule has 2 rings (SSSR count). The number of piperidine rings is 1. The summed E-state index contributed by atoms with van der Waals surface area (Å²) in [4.78, 5) is 14.4. The molecule has 5 heteroatoms. The Labute approximate surface area is 132 Å². The third-order valence-electron chi connectivity index (χ3n) is 3.71. The van der Waals surface area contributed by atoms with Crippen molar-refractivity contribution in [3.63, 3.8) is 0 Å². The molecule has 0 atom stereocenters. The summed E-state index contributed by atoms with van der Waals surface area (Å²) < 4.78 is 5.59. The number of nitrogens with two attached hydrogens (primary N) is 1. The number of ether oxygens (including phenoxy) is 1. The van der Waals surface area contributed by atoms with E-state index in [0.717, 1.165) is 37.2 Å². The average molecular weight is 305 g/mol. The van der Waals surface area contributed by atoms with Gasteiger partial charge >= 0.3 is 6.09 Å². The number of nitrogen functional groups attached to an aromatic ring is 1. The smallest absolute Gasteiger partial charge is 0.410 e. The Bertz CT molecular complexity index is 488. The molecule has 3 N–H and O–H groups in total. The number of nitrogens with one attached hydrogen (secondary N) is 1. The van der Waals surface area contributed by atoms with Crippen LogP contribution in [0, 0.1) is 0 Å². The zero-order valence-electron chi connectivity index (χ0n) is 13.8. The van der Waals surface area contributed by atoms with Gasteiger partial charge in [0.1, 0.15) is 5.60 Å². The third-order valence-corrected chi connectivity index (χ3v) is 3.71. The molecule has 1 fully saturated rings. The van der Waals surface area contributed by atoms with E-state index in [-0.39, 0.29) is 12.1 Å². The van der Waals surface area contributed by atoms with E-state index in [1.165, 1.54) is 0 Å². The lowest BCUT2D eigenvalue weighted by Crippen LogP contribution is -2.47. The van der Waals surface area contributed by atoms with Gasteiger partial charge in [0.2, 0.25) is 0 Å². The van der Waals surface area contributed by atoms with Crippen molar-refractivity contribution in [2.75, 3.05) is 18.8 Å². The number of nitrogens with zero attached hydrogens (tertiary/aromatic N) is 1. The van der Waals surface area contributed by atoms with Crippen molar-refractivity contribution in [2.45, 2.75) is 51.8 Å². The topological polar surface area (TPSA) is 67.6 Å². The van der Waals surface area contributed by atoms with Crippen molar-refractivity contribution in [2.24, 2.45) is 0 Å². The molecule has 0 bridgehead atoms. The molecule has 0 spiro atoms. The van der Waals surface area contributed by atoms with Crippen molar-refractivity contribution in [1.82, 2.24) is 10.2 Å². The maximum atomic E-state index is 12.6. The molecule has 0 unspecified atom stereocenters. The van der Waals surface area contributed by atoms with Gasteiger partial charge in [-0.2, -0.15) is 0 Å². The minimum Gasteiger partial charge on any atom is -0.444 e. The average Bonchev–Trinajstić information content (AvgIpc) is 2.45. The molecule has 0 aromatic heterocycles. The van der Waals surface area contributed by atoms with E-state index in [2.05, 4.69) is 5.32 Å². The molecule has 1 aliphatic rings. The van der Waals surface area contributed by atoms with Crippen molar-refractivity contribution in [3.05, 3.63) is 29.8 Å². The first-order valence-electron chi connectivity index (χ1n) is 7.90. The van der Waals surface area contributed by atoms with E-state index in [1.54, 1.807) is 0 Å². The van der Waals surface area contributed by atoms with Crippen LogP contribution >= 0.6 is 0 Å². The molecule has 1 aromatic rings. The van der Waals surface area contributed by atoms with E-state index in [4.69, 9.17) is 10.5 Å². The molecule has 1 saturated heterocycles. The van der Waals surface area contributed by atoms with Crippen LogP contribution in [-0.4, -0.2) is 35.7 Å². The maximum absolute atomic E-state index is 12.6. The Morgan fingerprint density at radius 2 is 1.86 bits per heavy atom. The summed E-state index contributed by atoms with van der Waals surface area (Å²) >= 11 is 0. The monoisotopic (exact) mass is 305 g/mol. The number of hydrogen-bond donors (Lipinski definition) is 2. The van der Waals surface area contributed by atoms with Crippen LogP contribution in [0.1, 0.15) is 39.2 Å². The predicted molar refractivity (Wildman–Crippen MR) is 88.5 cm³/mol. The first kappa shape index (κ1) is 16.6.